The minimum Gasteiger partial charge on any atom is -0.384 e. The summed E-state index contributed by atoms with van der Waals surface area (Å²) in [5, 5.41) is 3.41. The van der Waals surface area contributed by atoms with Crippen molar-refractivity contribution in [3.63, 3.8) is 0 Å². The lowest BCUT2D eigenvalue weighted by Gasteiger charge is -2.19. The quantitative estimate of drug-likeness (QED) is 0.812. The standard InChI is InChI=1S/C14H26N4/c1-6-10(4)7-11(5)16-13-8-12(15)17-14(18-13)9(2)3/h8-11H,6-7H2,1-5H3,(H3,15,16,17,18). The molecule has 0 fully saturated rings. The molecule has 0 radical (unpaired) electrons. The first-order valence-corrected chi connectivity index (χ1v) is 6.83. The highest BCUT2D eigenvalue weighted by Gasteiger charge is 2.10. The topological polar surface area (TPSA) is 63.8 Å². The zero-order chi connectivity index (χ0) is 13.7. The van der Waals surface area contributed by atoms with Crippen LogP contribution in [-0.4, -0.2) is 16.0 Å². The van der Waals surface area contributed by atoms with Crippen LogP contribution in [0, 0.1) is 5.92 Å². The minimum absolute atomic E-state index is 0.291. The first kappa shape index (κ1) is 14.7. The highest BCUT2D eigenvalue weighted by atomic mass is 15.1. The van der Waals surface area contributed by atoms with Crippen molar-refractivity contribution < 1.29 is 0 Å². The summed E-state index contributed by atoms with van der Waals surface area (Å²) in [6.45, 7) is 10.8. The van der Waals surface area contributed by atoms with E-state index in [1.165, 1.54) is 6.42 Å². The molecule has 0 aromatic carbocycles. The summed E-state index contributed by atoms with van der Waals surface area (Å²) in [6, 6.07) is 2.20. The Hall–Kier alpha value is -1.32. The molecule has 0 aliphatic carbocycles. The van der Waals surface area contributed by atoms with E-state index in [1.54, 1.807) is 6.07 Å². The Bertz CT molecular complexity index is 376. The molecule has 1 rings (SSSR count). The van der Waals surface area contributed by atoms with Gasteiger partial charge in [0.2, 0.25) is 0 Å². The Labute approximate surface area is 110 Å². The van der Waals surface area contributed by atoms with Crippen molar-refractivity contribution in [1.29, 1.82) is 0 Å². The Balaban J connectivity index is 2.72. The zero-order valence-corrected chi connectivity index (χ0v) is 12.2. The fraction of sp³-hybridized carbons (Fsp3) is 0.714. The molecular weight excluding hydrogens is 224 g/mol. The van der Waals surface area contributed by atoms with E-state index in [9.17, 15) is 0 Å². The van der Waals surface area contributed by atoms with E-state index in [-0.39, 0.29) is 0 Å². The molecule has 1 aromatic heterocycles. The Morgan fingerprint density at radius 2 is 1.89 bits per heavy atom. The van der Waals surface area contributed by atoms with Gasteiger partial charge in [-0.2, -0.15) is 0 Å². The number of aromatic nitrogens is 2. The molecular formula is C14H26N4. The summed E-state index contributed by atoms with van der Waals surface area (Å²) in [5.41, 5.74) is 5.81. The van der Waals surface area contributed by atoms with Gasteiger partial charge in [-0.25, -0.2) is 9.97 Å². The van der Waals surface area contributed by atoms with Crippen LogP contribution in [-0.2, 0) is 0 Å². The van der Waals surface area contributed by atoms with Crippen LogP contribution >= 0.6 is 0 Å². The maximum Gasteiger partial charge on any atom is 0.135 e. The van der Waals surface area contributed by atoms with Crippen LogP contribution in [0.25, 0.3) is 0 Å². The number of rotatable bonds is 6. The normalized spacial score (nSPS) is 14.6. The second-order valence-corrected chi connectivity index (χ2v) is 5.49. The van der Waals surface area contributed by atoms with Gasteiger partial charge in [0, 0.05) is 18.0 Å². The summed E-state index contributed by atoms with van der Waals surface area (Å²) in [6.07, 6.45) is 2.34. The fourth-order valence-corrected chi connectivity index (χ4v) is 1.90. The molecule has 1 aromatic rings. The van der Waals surface area contributed by atoms with Gasteiger partial charge in [0.1, 0.15) is 17.5 Å². The highest BCUT2D eigenvalue weighted by molar-refractivity contribution is 5.45. The van der Waals surface area contributed by atoms with Crippen LogP contribution < -0.4 is 11.1 Å². The molecule has 0 aliphatic rings. The van der Waals surface area contributed by atoms with E-state index in [0.29, 0.717) is 17.8 Å². The first-order chi connectivity index (χ1) is 8.42. The van der Waals surface area contributed by atoms with E-state index in [2.05, 4.69) is 49.9 Å². The van der Waals surface area contributed by atoms with Gasteiger partial charge in [-0.3, -0.25) is 0 Å². The molecule has 4 heteroatoms. The van der Waals surface area contributed by atoms with E-state index in [0.717, 1.165) is 24.0 Å². The van der Waals surface area contributed by atoms with Crippen LogP contribution in [0.5, 0.6) is 0 Å². The van der Waals surface area contributed by atoms with Crippen LogP contribution in [0.15, 0.2) is 6.07 Å². The summed E-state index contributed by atoms with van der Waals surface area (Å²) >= 11 is 0. The average Bonchev–Trinajstić information content (AvgIpc) is 2.27. The highest BCUT2D eigenvalue weighted by Crippen LogP contribution is 2.18. The van der Waals surface area contributed by atoms with Crippen molar-refractivity contribution in [3.05, 3.63) is 11.9 Å². The second-order valence-electron chi connectivity index (χ2n) is 5.49. The molecule has 0 amide bonds. The van der Waals surface area contributed by atoms with Crippen molar-refractivity contribution in [2.45, 2.75) is 59.4 Å². The third kappa shape index (κ3) is 4.51. The predicted octanol–water partition coefficient (Wildman–Crippen LogP) is 3.42. The van der Waals surface area contributed by atoms with Crippen molar-refractivity contribution in [3.8, 4) is 0 Å². The molecule has 1 heterocycles. The SMILES string of the molecule is CCC(C)CC(C)Nc1cc(N)nc(C(C)C)n1. The Morgan fingerprint density at radius 1 is 1.22 bits per heavy atom. The van der Waals surface area contributed by atoms with Crippen LogP contribution in [0.1, 0.15) is 59.2 Å². The van der Waals surface area contributed by atoms with Crippen LogP contribution in [0.4, 0.5) is 11.6 Å². The molecule has 18 heavy (non-hydrogen) atoms. The van der Waals surface area contributed by atoms with Crippen LogP contribution in [0.2, 0.25) is 0 Å². The van der Waals surface area contributed by atoms with Gasteiger partial charge in [-0.15, -0.1) is 0 Å². The van der Waals surface area contributed by atoms with Crippen molar-refractivity contribution in [2.75, 3.05) is 11.1 Å². The smallest absolute Gasteiger partial charge is 0.135 e. The molecule has 0 aliphatic heterocycles. The number of nitrogens with zero attached hydrogens (tertiary/aromatic N) is 2. The molecule has 4 nitrogen and oxygen atoms in total. The van der Waals surface area contributed by atoms with Gasteiger partial charge in [-0.1, -0.05) is 34.1 Å². The second kappa shape index (κ2) is 6.57. The Morgan fingerprint density at radius 3 is 2.44 bits per heavy atom. The lowest BCUT2D eigenvalue weighted by atomic mass is 10.0. The number of nitrogens with two attached hydrogens (primary N) is 1. The van der Waals surface area contributed by atoms with Gasteiger partial charge < -0.3 is 11.1 Å². The lowest BCUT2D eigenvalue weighted by molar-refractivity contribution is 0.483. The predicted molar refractivity (Wildman–Crippen MR) is 77.7 cm³/mol. The van der Waals surface area contributed by atoms with E-state index < -0.39 is 0 Å². The van der Waals surface area contributed by atoms with E-state index in [1.807, 2.05) is 0 Å². The summed E-state index contributed by atoms with van der Waals surface area (Å²) < 4.78 is 0. The third-order valence-electron chi connectivity index (χ3n) is 3.13. The molecule has 0 saturated heterocycles. The number of nitrogen functional groups attached to an aromatic ring is 1. The van der Waals surface area contributed by atoms with Crippen LogP contribution in [0.3, 0.4) is 0 Å². The van der Waals surface area contributed by atoms with E-state index >= 15 is 0 Å². The zero-order valence-electron chi connectivity index (χ0n) is 12.2. The third-order valence-corrected chi connectivity index (χ3v) is 3.13. The summed E-state index contributed by atoms with van der Waals surface area (Å²) in [5.74, 6) is 3.18. The van der Waals surface area contributed by atoms with Crippen molar-refractivity contribution >= 4 is 11.6 Å². The van der Waals surface area contributed by atoms with Gasteiger partial charge in [-0.05, 0) is 19.3 Å². The molecule has 102 valence electrons. The lowest BCUT2D eigenvalue weighted by Crippen LogP contribution is -2.20. The van der Waals surface area contributed by atoms with Gasteiger partial charge in [0.05, 0.1) is 0 Å². The number of hydrogen-bond acceptors (Lipinski definition) is 4. The number of anilines is 2. The molecule has 0 saturated carbocycles. The largest absolute Gasteiger partial charge is 0.384 e. The maximum atomic E-state index is 5.81. The van der Waals surface area contributed by atoms with Crippen molar-refractivity contribution in [1.82, 2.24) is 9.97 Å². The Kier molecular flexibility index (Phi) is 5.38. The first-order valence-electron chi connectivity index (χ1n) is 6.83. The van der Waals surface area contributed by atoms with Gasteiger partial charge >= 0.3 is 0 Å². The summed E-state index contributed by atoms with van der Waals surface area (Å²) in [4.78, 5) is 8.75. The fourth-order valence-electron chi connectivity index (χ4n) is 1.90. The van der Waals surface area contributed by atoms with E-state index in [4.69, 9.17) is 5.73 Å². The molecule has 3 N–H and O–H groups in total. The monoisotopic (exact) mass is 250 g/mol. The summed E-state index contributed by atoms with van der Waals surface area (Å²) in [7, 11) is 0. The molecule has 0 bridgehead atoms. The van der Waals surface area contributed by atoms with Gasteiger partial charge in [0.15, 0.2) is 0 Å². The minimum atomic E-state index is 0.291. The van der Waals surface area contributed by atoms with Gasteiger partial charge in [0.25, 0.3) is 0 Å². The molecule has 2 atom stereocenters. The maximum absolute atomic E-state index is 5.81. The molecule has 2 unspecified atom stereocenters. The molecule has 0 spiro atoms. The van der Waals surface area contributed by atoms with Crippen molar-refractivity contribution in [2.24, 2.45) is 5.92 Å². The number of hydrogen-bond donors (Lipinski definition) is 2. The average molecular weight is 250 g/mol. The number of nitrogens with one attached hydrogen (secondary N) is 1.